The van der Waals surface area contributed by atoms with Gasteiger partial charge in [0.2, 0.25) is 0 Å². The Morgan fingerprint density at radius 1 is 1.00 bits per heavy atom. The lowest BCUT2D eigenvalue weighted by molar-refractivity contribution is 0.844. The van der Waals surface area contributed by atoms with Crippen molar-refractivity contribution in [3.05, 3.63) is 0 Å². The van der Waals surface area contributed by atoms with Gasteiger partial charge < -0.3 is 0 Å². The van der Waals surface area contributed by atoms with E-state index in [1.807, 2.05) is 0 Å². The van der Waals surface area contributed by atoms with Gasteiger partial charge in [0.05, 0.1) is 0 Å². The second-order valence-corrected chi connectivity index (χ2v) is 5.41. The molecule has 0 aromatic heterocycles. The van der Waals surface area contributed by atoms with Gasteiger partial charge in [-0.2, -0.15) is 0 Å². The Labute approximate surface area is 49.9 Å². The van der Waals surface area contributed by atoms with Gasteiger partial charge in [0.25, 0.3) is 0 Å². The largest absolute Gasteiger partial charge is 0.127 e. The van der Waals surface area contributed by atoms with Crippen LogP contribution in [0.5, 0.6) is 0 Å². The van der Waals surface area contributed by atoms with Crippen molar-refractivity contribution in [1.82, 2.24) is 0 Å². The topological polar surface area (TPSA) is 0 Å². The van der Waals surface area contributed by atoms with Crippen molar-refractivity contribution < 1.29 is 0 Å². The summed E-state index contributed by atoms with van der Waals surface area (Å²) in [4.78, 5) is 0.528. The highest BCUT2D eigenvalue weighted by Crippen LogP contribution is 2.42. The van der Waals surface area contributed by atoms with Crippen LogP contribution < -0.4 is 0 Å². The highest BCUT2D eigenvalue weighted by Gasteiger charge is 2.22. The monoisotopic (exact) mass is 134 g/mol. The fourth-order valence-electron chi connectivity index (χ4n) is 1.03. The van der Waals surface area contributed by atoms with Crippen molar-refractivity contribution in [2.45, 2.75) is 30.6 Å². The Morgan fingerprint density at radius 3 is 1.57 bits per heavy atom. The lowest BCUT2D eigenvalue weighted by Gasteiger charge is -2.13. The van der Waals surface area contributed by atoms with Gasteiger partial charge in [-0.3, -0.25) is 0 Å². The molecule has 1 rings (SSSR count). The first-order valence-corrected chi connectivity index (χ1v) is 3.94. The third-order valence-corrected chi connectivity index (χ3v) is 2.69. The minimum absolute atomic E-state index is 0.528. The first-order chi connectivity index (χ1) is 3.21. The summed E-state index contributed by atoms with van der Waals surface area (Å²) in [5, 5.41) is 0. The predicted molar refractivity (Wildman–Crippen MR) is 40.6 cm³/mol. The Bertz CT molecular complexity index is 60.5. The maximum atomic E-state index is 2.89. The van der Waals surface area contributed by atoms with Gasteiger partial charge in [-0.25, -0.2) is 0 Å². The van der Waals surface area contributed by atoms with E-state index in [9.17, 15) is 0 Å². The van der Waals surface area contributed by atoms with Crippen LogP contribution in [-0.2, 0) is 0 Å². The predicted octanol–water partition coefficient (Wildman–Crippen LogP) is 2.01. The van der Waals surface area contributed by atoms with E-state index < -0.39 is 0 Å². The molecular weight excluding hydrogens is 122 g/mol. The molecule has 0 amide bonds. The highest BCUT2D eigenvalue weighted by atomic mass is 31.1. The zero-order valence-corrected chi connectivity index (χ0v) is 6.79. The smallest absolute Gasteiger partial charge is 0.000701 e. The van der Waals surface area contributed by atoms with Crippen molar-refractivity contribution in [3.63, 3.8) is 0 Å². The maximum Gasteiger partial charge on any atom is -0.000701 e. The zero-order chi connectivity index (χ0) is 5.33. The third kappa shape index (κ3) is 1.67. The van der Waals surface area contributed by atoms with Crippen molar-refractivity contribution in [2.24, 2.45) is 0 Å². The van der Waals surface area contributed by atoms with E-state index in [1.165, 1.54) is 25.7 Å². The standard InChI is InChI=1S/C5H12P2/c6-5(7)3-1-2-4-5/h1-4,6-7H2. The lowest BCUT2D eigenvalue weighted by atomic mass is 10.4. The van der Waals surface area contributed by atoms with Crippen LogP contribution in [0.3, 0.4) is 0 Å². The van der Waals surface area contributed by atoms with Crippen molar-refractivity contribution >= 4 is 18.5 Å². The second kappa shape index (κ2) is 2.00. The van der Waals surface area contributed by atoms with Crippen molar-refractivity contribution in [2.75, 3.05) is 0 Å². The summed E-state index contributed by atoms with van der Waals surface area (Å²) >= 11 is 0. The third-order valence-electron chi connectivity index (χ3n) is 1.53. The van der Waals surface area contributed by atoms with Gasteiger partial charge in [0.1, 0.15) is 0 Å². The molecule has 0 spiro atoms. The van der Waals surface area contributed by atoms with E-state index >= 15 is 0 Å². The summed E-state index contributed by atoms with van der Waals surface area (Å²) in [6.07, 6.45) is 5.60. The van der Waals surface area contributed by atoms with E-state index in [0.717, 1.165) is 0 Å². The molecule has 0 aromatic carbocycles. The lowest BCUT2D eigenvalue weighted by Crippen LogP contribution is -2.00. The molecule has 0 aromatic rings. The Kier molecular flexibility index (Phi) is 1.71. The van der Waals surface area contributed by atoms with Gasteiger partial charge in [-0.05, 0) is 17.7 Å². The Balaban J connectivity index is 2.40. The number of hydrogen-bond acceptors (Lipinski definition) is 0. The maximum absolute atomic E-state index is 2.89. The van der Waals surface area contributed by atoms with Crippen molar-refractivity contribution in [1.29, 1.82) is 0 Å². The van der Waals surface area contributed by atoms with E-state index in [4.69, 9.17) is 0 Å². The summed E-state index contributed by atoms with van der Waals surface area (Å²) < 4.78 is 0. The molecule has 7 heavy (non-hydrogen) atoms. The molecule has 1 fully saturated rings. The molecule has 0 radical (unpaired) electrons. The van der Waals surface area contributed by atoms with Gasteiger partial charge >= 0.3 is 0 Å². The molecule has 0 saturated heterocycles. The van der Waals surface area contributed by atoms with E-state index in [1.54, 1.807) is 0 Å². The molecule has 0 bridgehead atoms. The first-order valence-electron chi connectivity index (χ1n) is 2.78. The average molecular weight is 134 g/mol. The van der Waals surface area contributed by atoms with E-state index in [0.29, 0.717) is 4.90 Å². The molecule has 42 valence electrons. The average Bonchev–Trinajstić information content (AvgIpc) is 1.84. The minimum atomic E-state index is 0.528. The molecule has 2 atom stereocenters. The van der Waals surface area contributed by atoms with Crippen LogP contribution >= 0.6 is 18.5 Å². The summed E-state index contributed by atoms with van der Waals surface area (Å²) in [5.74, 6) is 0. The second-order valence-electron chi connectivity index (χ2n) is 2.44. The molecule has 0 heterocycles. The quantitative estimate of drug-likeness (QED) is 0.444. The Hall–Kier alpha value is 0.860. The van der Waals surface area contributed by atoms with Crippen LogP contribution in [0.1, 0.15) is 25.7 Å². The van der Waals surface area contributed by atoms with Crippen LogP contribution in [0.4, 0.5) is 0 Å². The van der Waals surface area contributed by atoms with E-state index in [-0.39, 0.29) is 0 Å². The SMILES string of the molecule is PC1(P)CCCC1. The molecule has 0 N–H and O–H groups in total. The molecule has 2 unspecified atom stereocenters. The minimum Gasteiger partial charge on any atom is -0.127 e. The summed E-state index contributed by atoms with van der Waals surface area (Å²) in [6, 6.07) is 0. The molecule has 1 aliphatic carbocycles. The van der Waals surface area contributed by atoms with Crippen LogP contribution in [0.15, 0.2) is 0 Å². The van der Waals surface area contributed by atoms with Crippen LogP contribution in [0, 0.1) is 0 Å². The molecule has 0 nitrogen and oxygen atoms in total. The fourth-order valence-corrected chi connectivity index (χ4v) is 1.85. The van der Waals surface area contributed by atoms with E-state index in [2.05, 4.69) is 18.5 Å². The van der Waals surface area contributed by atoms with Crippen LogP contribution in [0.2, 0.25) is 0 Å². The van der Waals surface area contributed by atoms with Crippen LogP contribution in [0.25, 0.3) is 0 Å². The molecule has 1 saturated carbocycles. The van der Waals surface area contributed by atoms with Crippen molar-refractivity contribution in [3.8, 4) is 0 Å². The number of rotatable bonds is 0. The molecular formula is C5H12P2. The summed E-state index contributed by atoms with van der Waals surface area (Å²) in [5.41, 5.74) is 0. The van der Waals surface area contributed by atoms with Gasteiger partial charge in [0.15, 0.2) is 0 Å². The summed E-state index contributed by atoms with van der Waals surface area (Å²) in [6.45, 7) is 0. The molecule has 2 heteroatoms. The molecule has 0 aliphatic heterocycles. The van der Waals surface area contributed by atoms with Gasteiger partial charge in [0, 0.05) is 0 Å². The van der Waals surface area contributed by atoms with Gasteiger partial charge in [-0.15, -0.1) is 18.5 Å². The molecule has 1 aliphatic rings. The Morgan fingerprint density at radius 2 is 1.43 bits per heavy atom. The fraction of sp³-hybridized carbons (Fsp3) is 1.00. The first kappa shape index (κ1) is 5.99. The zero-order valence-electron chi connectivity index (χ0n) is 4.48. The normalized spacial score (nSPS) is 28.3. The number of hydrogen-bond donors (Lipinski definition) is 0. The van der Waals surface area contributed by atoms with Gasteiger partial charge in [-0.1, -0.05) is 12.8 Å². The highest BCUT2D eigenvalue weighted by molar-refractivity contribution is 7.39. The van der Waals surface area contributed by atoms with Crippen LogP contribution in [-0.4, -0.2) is 4.90 Å². The summed E-state index contributed by atoms with van der Waals surface area (Å²) in [7, 11) is 5.79.